The Bertz CT molecular complexity index is 1200. The minimum Gasteiger partial charge on any atom is -0.457 e. The van der Waals surface area contributed by atoms with E-state index in [-0.39, 0.29) is 11.6 Å². The highest BCUT2D eigenvalue weighted by Gasteiger charge is 2.16. The number of ether oxygens (including phenoxy) is 2. The molecule has 6 nitrogen and oxygen atoms in total. The zero-order chi connectivity index (χ0) is 20.3. The number of para-hydroxylation sites is 1. The molecule has 0 aliphatic carbocycles. The Morgan fingerprint density at radius 3 is 2.63 bits per heavy atom. The molecule has 0 saturated carbocycles. The highest BCUT2D eigenvalue weighted by molar-refractivity contribution is 6.03. The molecular formula is C24H18N2O4. The van der Waals surface area contributed by atoms with Gasteiger partial charge in [-0.3, -0.25) is 4.79 Å². The predicted molar refractivity (Wildman–Crippen MR) is 111 cm³/mol. The number of nitrogens with zero attached hydrogens (tertiary/aromatic N) is 1. The molecule has 1 amide bonds. The van der Waals surface area contributed by atoms with Crippen molar-refractivity contribution in [2.24, 2.45) is 0 Å². The maximum Gasteiger partial charge on any atom is 0.277 e. The number of hydrogen-bond donors (Lipinski definition) is 1. The van der Waals surface area contributed by atoms with Crippen molar-refractivity contribution < 1.29 is 18.7 Å². The molecule has 0 spiro atoms. The van der Waals surface area contributed by atoms with Crippen molar-refractivity contribution in [1.82, 2.24) is 4.98 Å². The van der Waals surface area contributed by atoms with Gasteiger partial charge in [-0.15, -0.1) is 0 Å². The third-order valence-corrected chi connectivity index (χ3v) is 4.78. The number of benzene rings is 3. The van der Waals surface area contributed by atoms with Crippen LogP contribution in [0.15, 0.2) is 83.5 Å². The van der Waals surface area contributed by atoms with Crippen LogP contribution in [0.1, 0.15) is 21.6 Å². The van der Waals surface area contributed by atoms with Gasteiger partial charge >= 0.3 is 0 Å². The molecule has 0 radical (unpaired) electrons. The number of oxazole rings is 1. The lowest BCUT2D eigenvalue weighted by molar-refractivity contribution is 0.102. The molecule has 1 aliphatic heterocycles. The Morgan fingerprint density at radius 2 is 1.73 bits per heavy atom. The largest absolute Gasteiger partial charge is 0.457 e. The van der Waals surface area contributed by atoms with E-state index in [0.29, 0.717) is 30.5 Å². The molecule has 30 heavy (non-hydrogen) atoms. The molecule has 4 aromatic rings. The third-order valence-electron chi connectivity index (χ3n) is 4.78. The van der Waals surface area contributed by atoms with E-state index in [9.17, 15) is 4.79 Å². The predicted octanol–water partition coefficient (Wildman–Crippen LogP) is 5.42. The molecule has 0 unspecified atom stereocenters. The van der Waals surface area contributed by atoms with Crippen molar-refractivity contribution in [2.75, 3.05) is 5.32 Å². The number of anilines is 1. The summed E-state index contributed by atoms with van der Waals surface area (Å²) in [4.78, 5) is 16.9. The fourth-order valence-electron chi connectivity index (χ4n) is 3.27. The molecular weight excluding hydrogens is 380 g/mol. The van der Waals surface area contributed by atoms with Gasteiger partial charge in [-0.2, -0.15) is 0 Å². The Kier molecular flexibility index (Phi) is 4.75. The average Bonchev–Trinajstić information content (AvgIpc) is 3.44. The van der Waals surface area contributed by atoms with Crippen LogP contribution in [0.3, 0.4) is 0 Å². The topological polar surface area (TPSA) is 73.6 Å². The highest BCUT2D eigenvalue weighted by Crippen LogP contribution is 2.27. The van der Waals surface area contributed by atoms with Crippen molar-refractivity contribution >= 4 is 11.6 Å². The monoisotopic (exact) mass is 398 g/mol. The lowest BCUT2D eigenvalue weighted by Crippen LogP contribution is -2.12. The van der Waals surface area contributed by atoms with Gasteiger partial charge in [0, 0.05) is 11.3 Å². The van der Waals surface area contributed by atoms with E-state index in [1.54, 1.807) is 0 Å². The average molecular weight is 398 g/mol. The molecule has 2 heterocycles. The third kappa shape index (κ3) is 3.81. The first-order valence-electron chi connectivity index (χ1n) is 9.54. The number of amides is 1. The van der Waals surface area contributed by atoms with Crippen molar-refractivity contribution in [3.8, 4) is 23.0 Å². The van der Waals surface area contributed by atoms with Crippen molar-refractivity contribution in [2.45, 2.75) is 13.2 Å². The van der Waals surface area contributed by atoms with Gasteiger partial charge in [0.25, 0.3) is 5.91 Å². The number of rotatable bonds is 5. The normalized spacial score (nSPS) is 12.4. The lowest BCUT2D eigenvalue weighted by Gasteiger charge is -2.06. The summed E-state index contributed by atoms with van der Waals surface area (Å²) in [5.74, 6) is 1.41. The second-order valence-corrected chi connectivity index (χ2v) is 6.91. The molecule has 5 rings (SSSR count). The molecule has 148 valence electrons. The molecule has 0 saturated heterocycles. The van der Waals surface area contributed by atoms with Gasteiger partial charge in [-0.25, -0.2) is 4.98 Å². The maximum absolute atomic E-state index is 12.6. The number of carbonyl (C=O) groups excluding carboxylic acids is 1. The van der Waals surface area contributed by atoms with Crippen LogP contribution in [0, 0.1) is 0 Å². The Balaban J connectivity index is 1.31. The molecule has 0 atom stereocenters. The van der Waals surface area contributed by atoms with Gasteiger partial charge in [0.1, 0.15) is 17.8 Å². The first-order valence-corrected chi connectivity index (χ1v) is 9.54. The maximum atomic E-state index is 12.6. The summed E-state index contributed by atoms with van der Waals surface area (Å²) in [6.07, 6.45) is 1.35. The number of nitrogens with one attached hydrogen (secondary N) is 1. The summed E-state index contributed by atoms with van der Waals surface area (Å²) in [5, 5.41) is 2.86. The van der Waals surface area contributed by atoms with E-state index in [0.717, 1.165) is 22.4 Å². The van der Waals surface area contributed by atoms with Gasteiger partial charge < -0.3 is 19.2 Å². The number of carbonyl (C=O) groups is 1. The van der Waals surface area contributed by atoms with Gasteiger partial charge in [-0.1, -0.05) is 30.3 Å². The fourth-order valence-corrected chi connectivity index (χ4v) is 3.27. The van der Waals surface area contributed by atoms with E-state index in [4.69, 9.17) is 13.9 Å². The Morgan fingerprint density at radius 1 is 0.900 bits per heavy atom. The summed E-state index contributed by atoms with van der Waals surface area (Å²) in [6.45, 7) is 1.18. The van der Waals surface area contributed by atoms with Gasteiger partial charge in [0.15, 0.2) is 5.69 Å². The van der Waals surface area contributed by atoms with Crippen molar-refractivity contribution in [3.05, 3.63) is 95.9 Å². The molecule has 0 bridgehead atoms. The van der Waals surface area contributed by atoms with Crippen LogP contribution in [0.2, 0.25) is 0 Å². The highest BCUT2D eigenvalue weighted by atomic mass is 16.5. The fraction of sp³-hybridized carbons (Fsp3) is 0.0833. The molecule has 6 heteroatoms. The first-order chi connectivity index (χ1) is 14.7. The van der Waals surface area contributed by atoms with E-state index < -0.39 is 0 Å². The number of fused-ring (bicyclic) bond motifs is 1. The first kappa shape index (κ1) is 18.1. The van der Waals surface area contributed by atoms with Crippen LogP contribution >= 0.6 is 0 Å². The zero-order valence-electron chi connectivity index (χ0n) is 16.0. The number of hydrogen-bond acceptors (Lipinski definition) is 5. The van der Waals surface area contributed by atoms with E-state index in [2.05, 4.69) is 10.3 Å². The lowest BCUT2D eigenvalue weighted by atomic mass is 10.1. The summed E-state index contributed by atoms with van der Waals surface area (Å²) >= 11 is 0. The molecule has 1 N–H and O–H groups in total. The second kappa shape index (κ2) is 7.85. The van der Waals surface area contributed by atoms with E-state index in [1.807, 2.05) is 72.8 Å². The van der Waals surface area contributed by atoms with E-state index >= 15 is 0 Å². The minimum atomic E-state index is -0.333. The summed E-state index contributed by atoms with van der Waals surface area (Å²) in [7, 11) is 0. The zero-order valence-corrected chi connectivity index (χ0v) is 16.0. The Labute approximate surface area is 173 Å². The standard InChI is InChI=1S/C24H18N2O4/c27-23(25-19-10-9-17-13-28-14-18(17)11-19)22-15-29-24(26-22)16-5-4-8-21(12-16)30-20-6-2-1-3-7-20/h1-12,15H,13-14H2,(H,25,27). The summed E-state index contributed by atoms with van der Waals surface area (Å²) in [6, 6.07) is 22.6. The molecule has 1 aromatic heterocycles. The quantitative estimate of drug-likeness (QED) is 0.486. The van der Waals surface area contributed by atoms with Gasteiger partial charge in [0.2, 0.25) is 5.89 Å². The summed E-state index contributed by atoms with van der Waals surface area (Å²) in [5.41, 5.74) is 3.86. The number of aromatic nitrogens is 1. The smallest absolute Gasteiger partial charge is 0.277 e. The van der Waals surface area contributed by atoms with Gasteiger partial charge in [-0.05, 0) is 53.6 Å². The van der Waals surface area contributed by atoms with Crippen LogP contribution in [-0.4, -0.2) is 10.9 Å². The van der Waals surface area contributed by atoms with Crippen LogP contribution in [-0.2, 0) is 18.0 Å². The van der Waals surface area contributed by atoms with Gasteiger partial charge in [0.05, 0.1) is 13.2 Å². The van der Waals surface area contributed by atoms with Crippen LogP contribution in [0.25, 0.3) is 11.5 Å². The van der Waals surface area contributed by atoms with Crippen LogP contribution < -0.4 is 10.1 Å². The van der Waals surface area contributed by atoms with Crippen LogP contribution in [0.5, 0.6) is 11.5 Å². The van der Waals surface area contributed by atoms with E-state index in [1.165, 1.54) is 6.26 Å². The SMILES string of the molecule is O=C(Nc1ccc2c(c1)COC2)c1coc(-c2cccc(Oc3ccccc3)c2)n1. The molecule has 3 aromatic carbocycles. The Hall–Kier alpha value is -3.90. The minimum absolute atomic E-state index is 0.205. The van der Waals surface area contributed by atoms with Crippen LogP contribution in [0.4, 0.5) is 5.69 Å². The molecule has 1 aliphatic rings. The van der Waals surface area contributed by atoms with Crippen molar-refractivity contribution in [3.63, 3.8) is 0 Å². The second-order valence-electron chi connectivity index (χ2n) is 6.91. The van der Waals surface area contributed by atoms with Crippen molar-refractivity contribution in [1.29, 1.82) is 0 Å². The molecule has 0 fully saturated rings. The summed E-state index contributed by atoms with van der Waals surface area (Å²) < 4.78 is 16.8.